The summed E-state index contributed by atoms with van der Waals surface area (Å²) in [5.41, 5.74) is 3.36. The van der Waals surface area contributed by atoms with Crippen molar-refractivity contribution in [3.05, 3.63) is 41.1 Å². The van der Waals surface area contributed by atoms with Crippen LogP contribution in [0.5, 0.6) is 0 Å². The van der Waals surface area contributed by atoms with Gasteiger partial charge in [-0.05, 0) is 45.7 Å². The molecular weight excluding hydrogens is 248 g/mol. The zero-order chi connectivity index (χ0) is 14.9. The van der Waals surface area contributed by atoms with Crippen molar-refractivity contribution in [1.29, 1.82) is 0 Å². The van der Waals surface area contributed by atoms with Gasteiger partial charge in [0.25, 0.3) is 5.91 Å². The molecule has 20 heavy (non-hydrogen) atoms. The van der Waals surface area contributed by atoms with Crippen molar-refractivity contribution in [2.45, 2.75) is 46.6 Å². The Balaban J connectivity index is 2.68. The lowest BCUT2D eigenvalue weighted by Gasteiger charge is -2.22. The zero-order valence-electron chi connectivity index (χ0n) is 12.9. The van der Waals surface area contributed by atoms with E-state index in [9.17, 15) is 4.79 Å². The summed E-state index contributed by atoms with van der Waals surface area (Å²) in [7, 11) is 0. The van der Waals surface area contributed by atoms with Crippen molar-refractivity contribution >= 4 is 16.8 Å². The zero-order valence-corrected chi connectivity index (χ0v) is 12.9. The number of benzene rings is 1. The first kappa shape index (κ1) is 14.5. The van der Waals surface area contributed by atoms with Crippen molar-refractivity contribution in [2.75, 3.05) is 0 Å². The lowest BCUT2D eigenvalue weighted by molar-refractivity contribution is 0.0920. The topological polar surface area (TPSA) is 42.0 Å². The quantitative estimate of drug-likeness (QED) is 0.905. The van der Waals surface area contributed by atoms with Gasteiger partial charge in [0.1, 0.15) is 0 Å². The molecule has 106 valence electrons. The minimum atomic E-state index is -0.250. The van der Waals surface area contributed by atoms with Gasteiger partial charge in [-0.2, -0.15) is 0 Å². The molecule has 2 aromatic rings. The number of hydrogen-bond donors (Lipinski definition) is 1. The van der Waals surface area contributed by atoms with Crippen LogP contribution >= 0.6 is 0 Å². The summed E-state index contributed by atoms with van der Waals surface area (Å²) in [4.78, 5) is 17.3. The summed E-state index contributed by atoms with van der Waals surface area (Å²) in [6.45, 7) is 10.0. The molecule has 0 atom stereocenters. The van der Waals surface area contributed by atoms with Gasteiger partial charge in [-0.1, -0.05) is 25.1 Å². The van der Waals surface area contributed by atoms with Crippen LogP contribution < -0.4 is 5.32 Å². The number of carbonyl (C=O) groups excluding carboxylic acids is 1. The van der Waals surface area contributed by atoms with Crippen LogP contribution in [0.1, 0.15) is 49.3 Å². The number of rotatable bonds is 2. The fourth-order valence-electron chi connectivity index (χ4n) is 2.47. The summed E-state index contributed by atoms with van der Waals surface area (Å²) in [5.74, 6) is -0.0175. The molecule has 0 spiro atoms. The second-order valence-corrected chi connectivity index (χ2v) is 6.13. The Kier molecular flexibility index (Phi) is 3.80. The maximum Gasteiger partial charge on any atom is 0.252 e. The van der Waals surface area contributed by atoms with Crippen LogP contribution in [0.25, 0.3) is 10.9 Å². The maximum absolute atomic E-state index is 12.7. The molecule has 1 N–H and O–H groups in total. The Morgan fingerprint density at radius 1 is 1.25 bits per heavy atom. The van der Waals surface area contributed by atoms with Crippen LogP contribution in [0, 0.1) is 6.92 Å². The summed E-state index contributed by atoms with van der Waals surface area (Å²) < 4.78 is 0. The third-order valence-corrected chi connectivity index (χ3v) is 3.27. The maximum atomic E-state index is 12.7. The second-order valence-electron chi connectivity index (χ2n) is 6.13. The molecule has 3 nitrogen and oxygen atoms in total. The molecule has 3 heteroatoms. The highest BCUT2D eigenvalue weighted by Gasteiger charge is 2.21. The predicted octanol–water partition coefficient (Wildman–Crippen LogP) is 3.63. The summed E-state index contributed by atoms with van der Waals surface area (Å²) in [5, 5.41) is 3.99. The number of pyridine rings is 1. The predicted molar refractivity (Wildman–Crippen MR) is 83.1 cm³/mol. The highest BCUT2D eigenvalue weighted by atomic mass is 16.1. The van der Waals surface area contributed by atoms with Gasteiger partial charge in [0.2, 0.25) is 0 Å². The highest BCUT2D eigenvalue weighted by Crippen LogP contribution is 2.24. The Bertz CT molecular complexity index is 654. The van der Waals surface area contributed by atoms with E-state index in [0.29, 0.717) is 0 Å². The smallest absolute Gasteiger partial charge is 0.252 e. The van der Waals surface area contributed by atoms with E-state index in [0.717, 1.165) is 34.1 Å². The molecule has 0 bridgehead atoms. The molecule has 0 saturated heterocycles. The Morgan fingerprint density at radius 3 is 2.50 bits per heavy atom. The van der Waals surface area contributed by atoms with Crippen LogP contribution in [-0.4, -0.2) is 16.4 Å². The fraction of sp³-hybridized carbons (Fsp3) is 0.412. The van der Waals surface area contributed by atoms with Crippen LogP contribution in [0.2, 0.25) is 0 Å². The molecule has 0 aliphatic heterocycles. The van der Waals surface area contributed by atoms with E-state index < -0.39 is 0 Å². The van der Waals surface area contributed by atoms with Crippen molar-refractivity contribution in [1.82, 2.24) is 10.3 Å². The largest absolute Gasteiger partial charge is 0.347 e. The number of para-hydroxylation sites is 1. The lowest BCUT2D eigenvalue weighted by Crippen LogP contribution is -2.41. The van der Waals surface area contributed by atoms with Gasteiger partial charge in [-0.15, -0.1) is 0 Å². The fourth-order valence-corrected chi connectivity index (χ4v) is 2.47. The Hall–Kier alpha value is -1.90. The van der Waals surface area contributed by atoms with E-state index in [1.165, 1.54) is 0 Å². The lowest BCUT2D eigenvalue weighted by atomic mass is 9.97. The van der Waals surface area contributed by atoms with Gasteiger partial charge in [0, 0.05) is 16.6 Å². The average Bonchev–Trinajstić information content (AvgIpc) is 2.34. The summed E-state index contributed by atoms with van der Waals surface area (Å²) in [6.07, 6.45) is 0.802. The Labute approximate surface area is 120 Å². The third kappa shape index (κ3) is 2.82. The van der Waals surface area contributed by atoms with E-state index in [1.807, 2.05) is 52.0 Å². The molecule has 1 amide bonds. The van der Waals surface area contributed by atoms with Crippen molar-refractivity contribution in [3.8, 4) is 0 Å². The van der Waals surface area contributed by atoms with Gasteiger partial charge in [-0.25, -0.2) is 0 Å². The molecular formula is C17H22N2O. The standard InChI is InChI=1S/C17H22N2O/c1-6-12-11(2)18-14-10-8-7-9-13(14)15(12)16(20)19-17(3,4)5/h7-10H,6H2,1-5H3,(H,19,20). The van der Waals surface area contributed by atoms with Gasteiger partial charge in [0.05, 0.1) is 11.1 Å². The normalized spacial score (nSPS) is 11.7. The number of nitrogens with zero attached hydrogens (tertiary/aromatic N) is 1. The number of aromatic nitrogens is 1. The first-order valence-electron chi connectivity index (χ1n) is 7.04. The van der Waals surface area contributed by atoms with E-state index in [4.69, 9.17) is 0 Å². The van der Waals surface area contributed by atoms with E-state index in [-0.39, 0.29) is 11.4 Å². The highest BCUT2D eigenvalue weighted by molar-refractivity contribution is 6.07. The molecule has 1 heterocycles. The number of hydrogen-bond acceptors (Lipinski definition) is 2. The monoisotopic (exact) mass is 270 g/mol. The van der Waals surface area contributed by atoms with Crippen LogP contribution in [0.15, 0.2) is 24.3 Å². The van der Waals surface area contributed by atoms with Gasteiger partial charge < -0.3 is 5.32 Å². The summed E-state index contributed by atoms with van der Waals surface area (Å²) in [6, 6.07) is 7.83. The number of nitrogens with one attached hydrogen (secondary N) is 1. The van der Waals surface area contributed by atoms with Crippen molar-refractivity contribution in [3.63, 3.8) is 0 Å². The van der Waals surface area contributed by atoms with Gasteiger partial charge in [-0.3, -0.25) is 9.78 Å². The van der Waals surface area contributed by atoms with E-state index in [2.05, 4.69) is 17.2 Å². The number of aryl methyl sites for hydroxylation is 1. The van der Waals surface area contributed by atoms with Crippen LogP contribution in [0.4, 0.5) is 0 Å². The second kappa shape index (κ2) is 5.23. The van der Waals surface area contributed by atoms with E-state index >= 15 is 0 Å². The molecule has 0 saturated carbocycles. The third-order valence-electron chi connectivity index (χ3n) is 3.27. The minimum absolute atomic E-state index is 0.0175. The van der Waals surface area contributed by atoms with Gasteiger partial charge >= 0.3 is 0 Å². The molecule has 0 unspecified atom stereocenters. The van der Waals surface area contributed by atoms with Crippen LogP contribution in [0.3, 0.4) is 0 Å². The number of amides is 1. The van der Waals surface area contributed by atoms with E-state index in [1.54, 1.807) is 0 Å². The molecule has 0 fully saturated rings. The number of fused-ring (bicyclic) bond motifs is 1. The number of carbonyl (C=O) groups is 1. The minimum Gasteiger partial charge on any atom is -0.347 e. The average molecular weight is 270 g/mol. The molecule has 1 aromatic carbocycles. The molecule has 0 aliphatic rings. The molecule has 2 rings (SSSR count). The molecule has 1 aromatic heterocycles. The molecule has 0 aliphatic carbocycles. The Morgan fingerprint density at radius 2 is 1.90 bits per heavy atom. The SMILES string of the molecule is CCc1c(C)nc2ccccc2c1C(=O)NC(C)(C)C. The van der Waals surface area contributed by atoms with Crippen LogP contribution in [-0.2, 0) is 6.42 Å². The first-order valence-corrected chi connectivity index (χ1v) is 7.04. The molecule has 0 radical (unpaired) electrons. The van der Waals surface area contributed by atoms with Crippen molar-refractivity contribution in [2.24, 2.45) is 0 Å². The summed E-state index contributed by atoms with van der Waals surface area (Å²) >= 11 is 0. The first-order chi connectivity index (χ1) is 9.33. The van der Waals surface area contributed by atoms with Gasteiger partial charge in [0.15, 0.2) is 0 Å². The van der Waals surface area contributed by atoms with Crippen molar-refractivity contribution < 1.29 is 4.79 Å².